The van der Waals surface area contributed by atoms with Gasteiger partial charge in [-0.3, -0.25) is 0 Å². The highest BCUT2D eigenvalue weighted by Crippen LogP contribution is 2.19. The summed E-state index contributed by atoms with van der Waals surface area (Å²) in [5.74, 6) is 0.683. The lowest BCUT2D eigenvalue weighted by Gasteiger charge is -2.08. The first-order chi connectivity index (χ1) is 9.26. The largest absolute Gasteiger partial charge is 0.467 e. The van der Waals surface area contributed by atoms with Crippen LogP contribution in [0.5, 0.6) is 6.01 Å². The number of methoxy groups -OCH3 is 1. The Hall–Kier alpha value is -2.88. The zero-order valence-electron chi connectivity index (χ0n) is 10.5. The molecule has 0 aliphatic carbocycles. The van der Waals surface area contributed by atoms with Crippen LogP contribution in [0.25, 0.3) is 0 Å². The highest BCUT2D eigenvalue weighted by Gasteiger charge is 2.08. The Morgan fingerprint density at radius 1 is 1.16 bits per heavy atom. The lowest BCUT2D eigenvalue weighted by Crippen LogP contribution is -2.06. The van der Waals surface area contributed by atoms with Crippen LogP contribution in [0.1, 0.15) is 5.56 Å². The Bertz CT molecular complexity index is 600. The number of nitrogens with one attached hydrogen (secondary N) is 2. The third-order valence-electron chi connectivity index (χ3n) is 2.32. The molecule has 0 bridgehead atoms. The molecule has 0 saturated heterocycles. The van der Waals surface area contributed by atoms with Gasteiger partial charge in [0, 0.05) is 7.05 Å². The van der Waals surface area contributed by atoms with Gasteiger partial charge in [-0.25, -0.2) is 0 Å². The number of hydrogen-bond acceptors (Lipinski definition) is 7. The predicted molar refractivity (Wildman–Crippen MR) is 70.4 cm³/mol. The topological polar surface area (TPSA) is 95.8 Å². The van der Waals surface area contributed by atoms with E-state index < -0.39 is 0 Å². The van der Waals surface area contributed by atoms with E-state index in [1.165, 1.54) is 7.11 Å². The fourth-order valence-corrected chi connectivity index (χ4v) is 1.43. The molecule has 0 amide bonds. The molecule has 7 nitrogen and oxygen atoms in total. The molecule has 0 spiro atoms. The Balaban J connectivity index is 2.35. The highest BCUT2D eigenvalue weighted by atomic mass is 16.5. The van der Waals surface area contributed by atoms with Crippen molar-refractivity contribution in [1.29, 1.82) is 5.26 Å². The zero-order valence-corrected chi connectivity index (χ0v) is 10.5. The summed E-state index contributed by atoms with van der Waals surface area (Å²) in [5.41, 5.74) is 1.13. The van der Waals surface area contributed by atoms with Crippen molar-refractivity contribution in [3.05, 3.63) is 29.8 Å². The van der Waals surface area contributed by atoms with E-state index in [9.17, 15) is 0 Å². The van der Waals surface area contributed by atoms with Gasteiger partial charge in [-0.15, -0.1) is 0 Å². The van der Waals surface area contributed by atoms with Gasteiger partial charge < -0.3 is 15.4 Å². The van der Waals surface area contributed by atoms with Crippen LogP contribution < -0.4 is 15.4 Å². The number of rotatable bonds is 4. The van der Waals surface area contributed by atoms with Gasteiger partial charge in [-0.1, -0.05) is 12.1 Å². The predicted octanol–water partition coefficient (Wildman–Crippen LogP) is 1.54. The summed E-state index contributed by atoms with van der Waals surface area (Å²) < 4.78 is 4.98. The van der Waals surface area contributed by atoms with Crippen molar-refractivity contribution < 1.29 is 4.74 Å². The van der Waals surface area contributed by atoms with E-state index in [2.05, 4.69) is 31.7 Å². The summed E-state index contributed by atoms with van der Waals surface area (Å²) >= 11 is 0. The maximum absolute atomic E-state index is 9.02. The van der Waals surface area contributed by atoms with Gasteiger partial charge in [-0.2, -0.15) is 20.2 Å². The number of anilines is 3. The minimum atomic E-state index is 0.191. The molecule has 19 heavy (non-hydrogen) atoms. The molecule has 0 unspecified atom stereocenters. The molecule has 2 N–H and O–H groups in total. The quantitative estimate of drug-likeness (QED) is 0.856. The van der Waals surface area contributed by atoms with Gasteiger partial charge in [0.05, 0.1) is 18.4 Å². The molecule has 1 aromatic carbocycles. The number of ether oxygens (including phenoxy) is 1. The van der Waals surface area contributed by atoms with Gasteiger partial charge in [-0.05, 0) is 12.1 Å². The number of nitriles is 1. The zero-order chi connectivity index (χ0) is 13.7. The van der Waals surface area contributed by atoms with E-state index in [-0.39, 0.29) is 6.01 Å². The van der Waals surface area contributed by atoms with Gasteiger partial charge in [0.1, 0.15) is 6.07 Å². The highest BCUT2D eigenvalue weighted by molar-refractivity contribution is 5.63. The third kappa shape index (κ3) is 2.87. The number of para-hydroxylation sites is 1. The SMILES string of the molecule is CNc1nc(Nc2ccccc2C#N)nc(OC)n1. The minimum absolute atomic E-state index is 0.191. The van der Waals surface area contributed by atoms with E-state index in [0.717, 1.165) is 0 Å². The van der Waals surface area contributed by atoms with Crippen LogP contribution in [0.15, 0.2) is 24.3 Å². The monoisotopic (exact) mass is 256 g/mol. The fraction of sp³-hybridized carbons (Fsp3) is 0.167. The Kier molecular flexibility index (Phi) is 3.73. The third-order valence-corrected chi connectivity index (χ3v) is 2.32. The van der Waals surface area contributed by atoms with Crippen molar-refractivity contribution in [3.63, 3.8) is 0 Å². The van der Waals surface area contributed by atoms with Gasteiger partial charge in [0.15, 0.2) is 0 Å². The standard InChI is InChI=1S/C12H12N6O/c1-14-10-16-11(18-12(17-10)19-2)15-9-6-4-3-5-8(9)7-13/h3-6H,1-2H3,(H2,14,15,16,17,18). The molecule has 2 rings (SSSR count). The van der Waals surface area contributed by atoms with Crippen molar-refractivity contribution >= 4 is 17.6 Å². The minimum Gasteiger partial charge on any atom is -0.467 e. The lowest BCUT2D eigenvalue weighted by molar-refractivity contribution is 0.379. The van der Waals surface area contributed by atoms with Gasteiger partial charge in [0.25, 0.3) is 0 Å². The summed E-state index contributed by atoms with van der Waals surface area (Å²) in [5, 5.41) is 14.8. The van der Waals surface area contributed by atoms with Crippen molar-refractivity contribution in [3.8, 4) is 12.1 Å². The van der Waals surface area contributed by atoms with E-state index in [1.54, 1.807) is 25.2 Å². The number of nitrogens with zero attached hydrogens (tertiary/aromatic N) is 4. The van der Waals surface area contributed by atoms with Crippen molar-refractivity contribution in [1.82, 2.24) is 15.0 Å². The van der Waals surface area contributed by atoms with E-state index in [1.807, 2.05) is 6.07 Å². The Morgan fingerprint density at radius 2 is 1.89 bits per heavy atom. The normalized spacial score (nSPS) is 9.53. The fourth-order valence-electron chi connectivity index (χ4n) is 1.43. The first kappa shape index (κ1) is 12.6. The second-order valence-corrected chi connectivity index (χ2v) is 3.50. The van der Waals surface area contributed by atoms with Crippen molar-refractivity contribution in [2.45, 2.75) is 0 Å². The second kappa shape index (κ2) is 5.64. The molecule has 0 radical (unpaired) electrons. The molecule has 0 atom stereocenters. The number of hydrogen-bond donors (Lipinski definition) is 2. The molecule has 2 aromatic rings. The maximum Gasteiger partial charge on any atom is 0.322 e. The van der Waals surface area contributed by atoms with Gasteiger partial charge in [0.2, 0.25) is 11.9 Å². The lowest BCUT2D eigenvalue weighted by atomic mass is 10.2. The summed E-state index contributed by atoms with van der Waals surface area (Å²) in [4.78, 5) is 12.2. The molecule has 0 saturated carbocycles. The van der Waals surface area contributed by atoms with Crippen LogP contribution >= 0.6 is 0 Å². The van der Waals surface area contributed by atoms with Crippen LogP contribution in [0.3, 0.4) is 0 Å². The van der Waals surface area contributed by atoms with E-state index in [4.69, 9.17) is 10.00 Å². The van der Waals surface area contributed by atoms with E-state index in [0.29, 0.717) is 23.1 Å². The Labute approximate surface area is 110 Å². The maximum atomic E-state index is 9.02. The molecule has 0 aliphatic heterocycles. The average molecular weight is 256 g/mol. The summed E-state index contributed by atoms with van der Waals surface area (Å²) in [6.07, 6.45) is 0. The Morgan fingerprint density at radius 3 is 2.58 bits per heavy atom. The van der Waals surface area contributed by atoms with Crippen LogP contribution in [-0.2, 0) is 0 Å². The van der Waals surface area contributed by atoms with Crippen LogP contribution in [0.4, 0.5) is 17.6 Å². The second-order valence-electron chi connectivity index (χ2n) is 3.50. The van der Waals surface area contributed by atoms with Crippen molar-refractivity contribution in [2.24, 2.45) is 0 Å². The molecule has 1 heterocycles. The average Bonchev–Trinajstić information content (AvgIpc) is 2.47. The van der Waals surface area contributed by atoms with Crippen molar-refractivity contribution in [2.75, 3.05) is 24.8 Å². The number of benzene rings is 1. The van der Waals surface area contributed by atoms with Gasteiger partial charge >= 0.3 is 6.01 Å². The first-order valence-electron chi connectivity index (χ1n) is 5.50. The summed E-state index contributed by atoms with van der Waals surface area (Å²) in [7, 11) is 3.17. The molecule has 0 aliphatic rings. The number of aromatic nitrogens is 3. The molecule has 1 aromatic heterocycles. The van der Waals surface area contributed by atoms with E-state index >= 15 is 0 Å². The molecular weight excluding hydrogens is 244 g/mol. The van der Waals surface area contributed by atoms with Crippen LogP contribution in [-0.4, -0.2) is 29.1 Å². The molecule has 7 heteroatoms. The van der Waals surface area contributed by atoms with Crippen LogP contribution in [0.2, 0.25) is 0 Å². The molecule has 0 fully saturated rings. The molecule has 96 valence electrons. The molecular formula is C12H12N6O. The van der Waals surface area contributed by atoms with Crippen LogP contribution in [0, 0.1) is 11.3 Å². The first-order valence-corrected chi connectivity index (χ1v) is 5.50. The smallest absolute Gasteiger partial charge is 0.322 e. The summed E-state index contributed by atoms with van der Waals surface area (Å²) in [6.45, 7) is 0. The summed E-state index contributed by atoms with van der Waals surface area (Å²) in [6, 6.07) is 9.37.